The van der Waals surface area contributed by atoms with Crippen molar-refractivity contribution in [1.29, 1.82) is 0 Å². The smallest absolute Gasteiger partial charge is 0 e. The Hall–Kier alpha value is -0.781. The van der Waals surface area contributed by atoms with Gasteiger partial charge in [0.25, 0.3) is 0 Å². The molecular weight excluding hydrogens is 236 g/mol. The van der Waals surface area contributed by atoms with Crippen LogP contribution in [-0.2, 0) is 29.9 Å². The molecule has 0 radical (unpaired) electrons. The third-order valence-corrected chi connectivity index (χ3v) is 2.46. The Balaban J connectivity index is 0.000000318. The molecule has 2 rings (SSSR count). The van der Waals surface area contributed by atoms with Crippen molar-refractivity contribution in [3.63, 3.8) is 0 Å². The molecule has 0 saturated carbocycles. The van der Waals surface area contributed by atoms with E-state index in [1.165, 1.54) is 24.8 Å². The van der Waals surface area contributed by atoms with Crippen molar-refractivity contribution < 1.29 is 17.1 Å². The van der Waals surface area contributed by atoms with Gasteiger partial charge in [-0.3, -0.25) is 0 Å². The maximum Gasteiger partial charge on any atom is 0 e. The van der Waals surface area contributed by atoms with E-state index in [9.17, 15) is 0 Å². The molecular formula is C15H20Fe-6. The summed E-state index contributed by atoms with van der Waals surface area (Å²) in [6.07, 6.45) is 3.69. The van der Waals surface area contributed by atoms with Crippen molar-refractivity contribution in [2.75, 3.05) is 0 Å². The van der Waals surface area contributed by atoms with Gasteiger partial charge >= 0.3 is 0 Å². The number of rotatable bonds is 3. The minimum Gasteiger partial charge on any atom is -0.748 e. The standard InChI is InChI=1S/C10H15.C5H5.Fe/c1-3-6-10-8-5-7-9(10)4-2;1-2-4-5-3-1;/h5,7-8H,3-4,6H2,1-2H3;1-5H;/q-1;-5;. The van der Waals surface area contributed by atoms with Crippen LogP contribution in [0.3, 0.4) is 0 Å². The summed E-state index contributed by atoms with van der Waals surface area (Å²) in [5.41, 5.74) is 3.08. The zero-order chi connectivity index (χ0) is 10.9. The minimum absolute atomic E-state index is 0. The third kappa shape index (κ3) is 5.34. The molecule has 0 aliphatic heterocycles. The summed E-state index contributed by atoms with van der Waals surface area (Å²) in [5.74, 6) is 0. The first kappa shape index (κ1) is 15.2. The number of aryl methyl sites for hydroxylation is 2. The van der Waals surface area contributed by atoms with Crippen LogP contribution >= 0.6 is 0 Å². The maximum atomic E-state index is 2.24. The molecule has 0 N–H and O–H groups in total. The van der Waals surface area contributed by atoms with Crippen molar-refractivity contribution in [2.45, 2.75) is 33.1 Å². The van der Waals surface area contributed by atoms with Gasteiger partial charge in [-0.2, -0.15) is 17.2 Å². The summed E-state index contributed by atoms with van der Waals surface area (Å²) in [7, 11) is 0. The molecule has 16 heavy (non-hydrogen) atoms. The van der Waals surface area contributed by atoms with Gasteiger partial charge in [-0.1, -0.05) is 33.1 Å². The first-order valence-electron chi connectivity index (χ1n) is 5.78. The van der Waals surface area contributed by atoms with Gasteiger partial charge in [0.05, 0.1) is 0 Å². The van der Waals surface area contributed by atoms with Gasteiger partial charge in [-0.25, -0.2) is 12.1 Å². The zero-order valence-electron chi connectivity index (χ0n) is 10.1. The Bertz CT molecular complexity index is 313. The van der Waals surface area contributed by atoms with E-state index in [0.29, 0.717) is 0 Å². The molecule has 0 aromatic heterocycles. The van der Waals surface area contributed by atoms with E-state index >= 15 is 0 Å². The Morgan fingerprint density at radius 2 is 1.62 bits per heavy atom. The molecule has 0 aliphatic carbocycles. The van der Waals surface area contributed by atoms with E-state index in [1.54, 1.807) is 5.56 Å². The molecule has 0 amide bonds. The molecule has 0 unspecified atom stereocenters. The normalized spacial score (nSPS) is 8.88. The zero-order valence-corrected chi connectivity index (χ0v) is 11.2. The predicted molar refractivity (Wildman–Crippen MR) is 67.4 cm³/mol. The van der Waals surface area contributed by atoms with Gasteiger partial charge in [0.2, 0.25) is 0 Å². The molecule has 2 aromatic carbocycles. The second-order valence-electron chi connectivity index (χ2n) is 3.64. The van der Waals surface area contributed by atoms with Gasteiger partial charge in [0.1, 0.15) is 0 Å². The molecule has 0 nitrogen and oxygen atoms in total. The molecule has 0 spiro atoms. The van der Waals surface area contributed by atoms with Crippen LogP contribution in [0.4, 0.5) is 0 Å². The second-order valence-corrected chi connectivity index (χ2v) is 3.64. The Morgan fingerprint density at radius 1 is 1.06 bits per heavy atom. The molecule has 0 heterocycles. The van der Waals surface area contributed by atoms with E-state index in [-0.39, 0.29) is 17.1 Å². The second kappa shape index (κ2) is 9.45. The first-order valence-corrected chi connectivity index (χ1v) is 5.78. The fraction of sp³-hybridized carbons (Fsp3) is 0.333. The van der Waals surface area contributed by atoms with Crippen molar-refractivity contribution >= 4 is 0 Å². The molecule has 1 heteroatoms. The van der Waals surface area contributed by atoms with Crippen LogP contribution < -0.4 is 0 Å². The Labute approximate surface area is 110 Å². The van der Waals surface area contributed by atoms with E-state index in [4.69, 9.17) is 0 Å². The minimum atomic E-state index is 0. The van der Waals surface area contributed by atoms with Crippen LogP contribution in [-0.4, -0.2) is 0 Å². The van der Waals surface area contributed by atoms with E-state index in [1.807, 2.05) is 30.3 Å². The Morgan fingerprint density at radius 3 is 2.06 bits per heavy atom. The van der Waals surface area contributed by atoms with Crippen molar-refractivity contribution in [3.05, 3.63) is 59.7 Å². The fourth-order valence-electron chi connectivity index (χ4n) is 1.67. The summed E-state index contributed by atoms with van der Waals surface area (Å²) in [4.78, 5) is 0. The first-order chi connectivity index (χ1) is 7.38. The molecule has 2 aromatic rings. The Kier molecular flexibility index (Phi) is 8.99. The van der Waals surface area contributed by atoms with Crippen LogP contribution in [0.15, 0.2) is 48.5 Å². The largest absolute Gasteiger partial charge is 0.748 e. The average Bonchev–Trinajstić information content (AvgIpc) is 2.92. The molecule has 94 valence electrons. The predicted octanol–water partition coefficient (Wildman–Crippen LogP) is 4.32. The number of hydrogen-bond donors (Lipinski definition) is 0. The van der Waals surface area contributed by atoms with Gasteiger partial charge in [0, 0.05) is 17.1 Å². The number of hydrogen-bond acceptors (Lipinski definition) is 0. The van der Waals surface area contributed by atoms with Gasteiger partial charge in [-0.05, 0) is 0 Å². The van der Waals surface area contributed by atoms with E-state index < -0.39 is 0 Å². The third-order valence-electron chi connectivity index (χ3n) is 2.46. The maximum absolute atomic E-state index is 2.24. The van der Waals surface area contributed by atoms with E-state index in [2.05, 4.69) is 32.0 Å². The summed E-state index contributed by atoms with van der Waals surface area (Å²) >= 11 is 0. The van der Waals surface area contributed by atoms with Crippen LogP contribution in [0.1, 0.15) is 31.4 Å². The van der Waals surface area contributed by atoms with Gasteiger partial charge in [-0.15, -0.1) is 0 Å². The van der Waals surface area contributed by atoms with Crippen LogP contribution in [0.2, 0.25) is 0 Å². The summed E-state index contributed by atoms with van der Waals surface area (Å²) in [6.45, 7) is 4.45. The van der Waals surface area contributed by atoms with Crippen molar-refractivity contribution in [3.8, 4) is 0 Å². The average molecular weight is 256 g/mol. The molecule has 0 atom stereocenters. The molecule has 0 fully saturated rings. The summed E-state index contributed by atoms with van der Waals surface area (Å²) < 4.78 is 0. The van der Waals surface area contributed by atoms with Crippen molar-refractivity contribution in [2.24, 2.45) is 0 Å². The van der Waals surface area contributed by atoms with Gasteiger partial charge < -0.3 is 30.3 Å². The van der Waals surface area contributed by atoms with Crippen LogP contribution in [0.25, 0.3) is 0 Å². The van der Waals surface area contributed by atoms with Crippen molar-refractivity contribution in [1.82, 2.24) is 0 Å². The summed E-state index contributed by atoms with van der Waals surface area (Å²) in [6, 6.07) is 16.6. The fourth-order valence-corrected chi connectivity index (χ4v) is 1.67. The van der Waals surface area contributed by atoms with Crippen LogP contribution in [0.5, 0.6) is 0 Å². The monoisotopic (exact) mass is 256 g/mol. The SMILES string of the molecule is CCC[c-]1cccc1CC.[Fe].[cH-]1[cH-][cH-][cH-][cH-]1. The quantitative estimate of drug-likeness (QED) is 0.566. The molecule has 0 saturated heterocycles. The van der Waals surface area contributed by atoms with Gasteiger partial charge in [0.15, 0.2) is 0 Å². The molecule has 0 bridgehead atoms. The molecule has 0 aliphatic rings. The topological polar surface area (TPSA) is 0 Å². The van der Waals surface area contributed by atoms with Crippen LogP contribution in [0, 0.1) is 0 Å². The van der Waals surface area contributed by atoms with E-state index in [0.717, 1.165) is 0 Å². The summed E-state index contributed by atoms with van der Waals surface area (Å²) in [5, 5.41) is 0.